The van der Waals surface area contributed by atoms with Crippen molar-refractivity contribution in [2.75, 3.05) is 25.0 Å². The molecule has 4 rings (SSSR count). The molecule has 1 amide bonds. The molecule has 30 heavy (non-hydrogen) atoms. The van der Waals surface area contributed by atoms with Gasteiger partial charge in [0.05, 0.1) is 21.7 Å². The van der Waals surface area contributed by atoms with Crippen LogP contribution in [0.15, 0.2) is 71.6 Å². The largest absolute Gasteiger partial charge is 0.287 e. The summed E-state index contributed by atoms with van der Waals surface area (Å²) >= 11 is 1.42. The van der Waals surface area contributed by atoms with E-state index in [0.29, 0.717) is 11.7 Å². The van der Waals surface area contributed by atoms with Gasteiger partial charge in [0.25, 0.3) is 0 Å². The van der Waals surface area contributed by atoms with E-state index < -0.39 is 10.0 Å². The molecule has 0 aliphatic rings. The van der Waals surface area contributed by atoms with Crippen molar-refractivity contribution in [2.45, 2.75) is 11.8 Å². The fourth-order valence-electron chi connectivity index (χ4n) is 3.26. The Bertz CT molecular complexity index is 1300. The van der Waals surface area contributed by atoms with Gasteiger partial charge in [-0.1, -0.05) is 53.8 Å². The monoisotopic (exact) mass is 439 g/mol. The van der Waals surface area contributed by atoms with Crippen LogP contribution in [-0.4, -0.2) is 43.8 Å². The minimum Gasteiger partial charge on any atom is -0.287 e. The molecule has 1 heterocycles. The van der Waals surface area contributed by atoms with E-state index in [1.54, 1.807) is 18.2 Å². The van der Waals surface area contributed by atoms with Crippen molar-refractivity contribution in [2.24, 2.45) is 0 Å². The van der Waals surface area contributed by atoms with Gasteiger partial charge in [-0.3, -0.25) is 9.69 Å². The van der Waals surface area contributed by atoms with Crippen molar-refractivity contribution in [3.8, 4) is 0 Å². The van der Waals surface area contributed by atoms with Crippen molar-refractivity contribution < 1.29 is 13.2 Å². The van der Waals surface area contributed by atoms with Crippen LogP contribution in [0.5, 0.6) is 0 Å². The van der Waals surface area contributed by atoms with Gasteiger partial charge in [-0.25, -0.2) is 13.4 Å². The second kappa shape index (κ2) is 8.14. The van der Waals surface area contributed by atoms with Gasteiger partial charge < -0.3 is 0 Å². The fourth-order valence-corrected chi connectivity index (χ4v) is 5.47. The number of hydrogen-bond acceptors (Lipinski definition) is 5. The number of amides is 1. The molecule has 154 valence electrons. The van der Waals surface area contributed by atoms with Crippen LogP contribution in [0, 0.1) is 0 Å². The maximum atomic E-state index is 13.0. The summed E-state index contributed by atoms with van der Waals surface area (Å²) < 4.78 is 28.2. The fraction of sp³-hybridized carbons (Fsp3) is 0.182. The maximum Gasteiger partial charge on any atom is 0.244 e. The normalized spacial score (nSPS) is 12.0. The molecule has 3 aromatic carbocycles. The van der Waals surface area contributed by atoms with Gasteiger partial charge in [0.2, 0.25) is 15.9 Å². The Labute approximate surface area is 179 Å². The SMILES string of the molecule is CCN(C(=O)CN(C)S(=O)(=O)c1ccc2ccccc2c1)c1nc2ccccc2s1. The van der Waals surface area contributed by atoms with Gasteiger partial charge in [0.15, 0.2) is 5.13 Å². The van der Waals surface area contributed by atoms with Crippen LogP contribution < -0.4 is 4.90 Å². The number of sulfonamides is 1. The third-order valence-corrected chi connectivity index (χ3v) is 7.78. The number of benzene rings is 3. The molecule has 6 nitrogen and oxygen atoms in total. The zero-order valence-corrected chi connectivity index (χ0v) is 18.3. The quantitative estimate of drug-likeness (QED) is 0.453. The highest BCUT2D eigenvalue weighted by molar-refractivity contribution is 7.89. The van der Waals surface area contributed by atoms with Gasteiger partial charge in [-0.05, 0) is 42.0 Å². The number of para-hydroxylation sites is 1. The lowest BCUT2D eigenvalue weighted by Gasteiger charge is -2.22. The average Bonchev–Trinajstić information content (AvgIpc) is 3.17. The summed E-state index contributed by atoms with van der Waals surface area (Å²) in [5.41, 5.74) is 0.820. The Kier molecular flexibility index (Phi) is 5.55. The standard InChI is InChI=1S/C22H21N3O3S2/c1-3-25(22-23-19-10-6-7-11-20(19)29-22)21(26)15-24(2)30(27,28)18-13-12-16-8-4-5-9-17(16)14-18/h4-14H,3,15H2,1-2H3. The predicted octanol–water partition coefficient (Wildman–Crippen LogP) is 4.12. The van der Waals surface area contributed by atoms with Crippen LogP contribution in [0.4, 0.5) is 5.13 Å². The first-order valence-corrected chi connectivity index (χ1v) is 11.8. The summed E-state index contributed by atoms with van der Waals surface area (Å²) in [6, 6.07) is 20.2. The molecule has 0 aliphatic heterocycles. The molecule has 0 N–H and O–H groups in total. The molecule has 8 heteroatoms. The summed E-state index contributed by atoms with van der Waals surface area (Å²) in [6.45, 7) is 1.99. The number of fused-ring (bicyclic) bond motifs is 2. The molecule has 0 atom stereocenters. The molecule has 0 unspecified atom stereocenters. The van der Waals surface area contributed by atoms with Crippen LogP contribution in [0.25, 0.3) is 21.0 Å². The molecular weight excluding hydrogens is 418 g/mol. The lowest BCUT2D eigenvalue weighted by atomic mass is 10.1. The van der Waals surface area contributed by atoms with E-state index in [0.717, 1.165) is 25.3 Å². The molecular formula is C22H21N3O3S2. The zero-order chi connectivity index (χ0) is 21.3. The summed E-state index contributed by atoms with van der Waals surface area (Å²) in [6.07, 6.45) is 0. The van der Waals surface area contributed by atoms with Crippen molar-refractivity contribution in [3.05, 3.63) is 66.7 Å². The van der Waals surface area contributed by atoms with Crippen molar-refractivity contribution >= 4 is 53.4 Å². The number of carbonyl (C=O) groups excluding carboxylic acids is 1. The highest BCUT2D eigenvalue weighted by Crippen LogP contribution is 2.29. The van der Waals surface area contributed by atoms with E-state index in [9.17, 15) is 13.2 Å². The summed E-state index contributed by atoms with van der Waals surface area (Å²) in [5, 5.41) is 2.37. The Morgan fingerprint density at radius 2 is 1.70 bits per heavy atom. The van der Waals surface area contributed by atoms with E-state index in [4.69, 9.17) is 0 Å². The number of nitrogens with zero attached hydrogens (tertiary/aromatic N) is 3. The number of likely N-dealkylation sites (N-methyl/N-ethyl adjacent to an activating group) is 2. The molecule has 0 bridgehead atoms. The number of thiazole rings is 1. The summed E-state index contributed by atoms with van der Waals surface area (Å²) in [7, 11) is -2.38. The van der Waals surface area contributed by atoms with Gasteiger partial charge >= 0.3 is 0 Å². The number of aromatic nitrogens is 1. The van der Waals surface area contributed by atoms with Crippen LogP contribution in [-0.2, 0) is 14.8 Å². The third kappa shape index (κ3) is 3.81. The molecule has 0 aliphatic carbocycles. The van der Waals surface area contributed by atoms with E-state index in [2.05, 4.69) is 4.98 Å². The van der Waals surface area contributed by atoms with Crippen molar-refractivity contribution in [1.29, 1.82) is 0 Å². The Morgan fingerprint density at radius 1 is 1.00 bits per heavy atom. The van der Waals surface area contributed by atoms with E-state index in [1.807, 2.05) is 55.5 Å². The van der Waals surface area contributed by atoms with Gasteiger partial charge in [-0.2, -0.15) is 4.31 Å². The van der Waals surface area contributed by atoms with E-state index >= 15 is 0 Å². The molecule has 0 fully saturated rings. The van der Waals surface area contributed by atoms with Crippen molar-refractivity contribution in [3.63, 3.8) is 0 Å². The smallest absolute Gasteiger partial charge is 0.244 e. The number of hydrogen-bond donors (Lipinski definition) is 0. The highest BCUT2D eigenvalue weighted by Gasteiger charge is 2.26. The average molecular weight is 440 g/mol. The molecule has 4 aromatic rings. The second-order valence-corrected chi connectivity index (χ2v) is 9.93. The van der Waals surface area contributed by atoms with Gasteiger partial charge in [0, 0.05) is 13.6 Å². The van der Waals surface area contributed by atoms with Gasteiger partial charge in [-0.15, -0.1) is 0 Å². The summed E-state index contributed by atoms with van der Waals surface area (Å²) in [4.78, 5) is 19.2. The first-order chi connectivity index (χ1) is 14.4. The number of anilines is 1. The maximum absolute atomic E-state index is 13.0. The molecule has 0 radical (unpaired) electrons. The molecule has 0 saturated heterocycles. The molecule has 1 aromatic heterocycles. The van der Waals surface area contributed by atoms with Gasteiger partial charge in [0.1, 0.15) is 0 Å². The Morgan fingerprint density at radius 3 is 2.43 bits per heavy atom. The summed E-state index contributed by atoms with van der Waals surface area (Å²) in [5.74, 6) is -0.316. The Hall–Kier alpha value is -2.81. The first kappa shape index (κ1) is 20.5. The van der Waals surface area contributed by atoms with E-state index in [1.165, 1.54) is 23.3 Å². The molecule has 0 spiro atoms. The lowest BCUT2D eigenvalue weighted by Crippen LogP contribution is -2.41. The van der Waals surface area contributed by atoms with Crippen molar-refractivity contribution in [1.82, 2.24) is 9.29 Å². The second-order valence-electron chi connectivity index (χ2n) is 6.87. The first-order valence-electron chi connectivity index (χ1n) is 9.51. The predicted molar refractivity (Wildman–Crippen MR) is 121 cm³/mol. The third-order valence-electron chi connectivity index (χ3n) is 4.92. The number of rotatable bonds is 6. The minimum absolute atomic E-state index is 0.166. The van der Waals surface area contributed by atoms with E-state index in [-0.39, 0.29) is 17.3 Å². The van der Waals surface area contributed by atoms with Crippen LogP contribution >= 0.6 is 11.3 Å². The highest BCUT2D eigenvalue weighted by atomic mass is 32.2. The van der Waals surface area contributed by atoms with Crippen LogP contribution in [0.2, 0.25) is 0 Å². The minimum atomic E-state index is -3.81. The lowest BCUT2D eigenvalue weighted by molar-refractivity contribution is -0.118. The Balaban J connectivity index is 1.57. The topological polar surface area (TPSA) is 70.6 Å². The molecule has 0 saturated carbocycles. The number of carbonyl (C=O) groups is 1. The zero-order valence-electron chi connectivity index (χ0n) is 16.6. The van der Waals surface area contributed by atoms with Crippen LogP contribution in [0.3, 0.4) is 0 Å². The van der Waals surface area contributed by atoms with Crippen LogP contribution in [0.1, 0.15) is 6.92 Å².